The number of hydrogen-bond donors (Lipinski definition) is 2. The zero-order chi connectivity index (χ0) is 20.6. The molecule has 156 valence electrons. The number of hydrogen-bond acceptors (Lipinski definition) is 2. The molecule has 0 spiro atoms. The predicted molar refractivity (Wildman–Crippen MR) is 114 cm³/mol. The molecule has 1 aliphatic rings. The van der Waals surface area contributed by atoms with Crippen LogP contribution in [0, 0.1) is 11.6 Å². The molecule has 1 fully saturated rings. The second kappa shape index (κ2) is 10.3. The second-order valence-electron chi connectivity index (χ2n) is 7.47. The van der Waals surface area contributed by atoms with E-state index < -0.39 is 11.6 Å². The van der Waals surface area contributed by atoms with E-state index in [1.54, 1.807) is 0 Å². The SMILES string of the molecule is CCNC(=NCc1cc(F)ccc1F)NC1CCN(C(C)c2ccccc2)CC1. The quantitative estimate of drug-likeness (QED) is 0.563. The van der Waals surface area contributed by atoms with Crippen LogP contribution < -0.4 is 10.6 Å². The Morgan fingerprint density at radius 3 is 2.55 bits per heavy atom. The van der Waals surface area contributed by atoms with Crippen LogP contribution in [0.5, 0.6) is 0 Å². The van der Waals surface area contributed by atoms with E-state index in [1.807, 2.05) is 13.0 Å². The molecule has 3 rings (SSSR count). The van der Waals surface area contributed by atoms with Crippen LogP contribution in [0.2, 0.25) is 0 Å². The van der Waals surface area contributed by atoms with E-state index in [9.17, 15) is 8.78 Å². The van der Waals surface area contributed by atoms with Crippen LogP contribution in [0.3, 0.4) is 0 Å². The highest BCUT2D eigenvalue weighted by atomic mass is 19.1. The van der Waals surface area contributed by atoms with Gasteiger partial charge in [0.1, 0.15) is 11.6 Å². The molecule has 1 aliphatic heterocycles. The van der Waals surface area contributed by atoms with Gasteiger partial charge in [0, 0.05) is 37.3 Å². The van der Waals surface area contributed by atoms with Gasteiger partial charge < -0.3 is 10.6 Å². The third-order valence-corrected chi connectivity index (χ3v) is 5.46. The fourth-order valence-corrected chi connectivity index (χ4v) is 3.72. The molecule has 0 radical (unpaired) electrons. The van der Waals surface area contributed by atoms with E-state index in [0.29, 0.717) is 24.6 Å². The zero-order valence-electron chi connectivity index (χ0n) is 17.2. The van der Waals surface area contributed by atoms with Gasteiger partial charge in [-0.15, -0.1) is 0 Å². The van der Waals surface area contributed by atoms with Crippen molar-refractivity contribution in [1.82, 2.24) is 15.5 Å². The van der Waals surface area contributed by atoms with Crippen molar-refractivity contribution in [3.8, 4) is 0 Å². The predicted octanol–water partition coefficient (Wildman–Crippen LogP) is 4.25. The van der Waals surface area contributed by atoms with Gasteiger partial charge in [-0.05, 0) is 50.5 Å². The summed E-state index contributed by atoms with van der Waals surface area (Å²) in [6.45, 7) is 7.06. The summed E-state index contributed by atoms with van der Waals surface area (Å²) >= 11 is 0. The first-order valence-corrected chi connectivity index (χ1v) is 10.3. The molecule has 0 amide bonds. The van der Waals surface area contributed by atoms with Crippen LogP contribution in [0.4, 0.5) is 8.78 Å². The first kappa shape index (κ1) is 21.2. The Kier molecular flexibility index (Phi) is 7.58. The van der Waals surface area contributed by atoms with E-state index >= 15 is 0 Å². The molecule has 1 heterocycles. The fourth-order valence-electron chi connectivity index (χ4n) is 3.72. The van der Waals surface area contributed by atoms with Gasteiger partial charge in [-0.2, -0.15) is 0 Å². The summed E-state index contributed by atoms with van der Waals surface area (Å²) in [6, 6.07) is 14.7. The van der Waals surface area contributed by atoms with Gasteiger partial charge in [-0.3, -0.25) is 4.90 Å². The Hall–Kier alpha value is -2.47. The molecule has 0 aliphatic carbocycles. The molecule has 2 aromatic rings. The normalized spacial score (nSPS) is 17.2. The monoisotopic (exact) mass is 400 g/mol. The van der Waals surface area contributed by atoms with Crippen LogP contribution in [0.15, 0.2) is 53.5 Å². The minimum absolute atomic E-state index is 0.100. The van der Waals surface area contributed by atoms with E-state index in [-0.39, 0.29) is 12.1 Å². The topological polar surface area (TPSA) is 39.7 Å². The molecule has 1 saturated heterocycles. The van der Waals surface area contributed by atoms with Crippen molar-refractivity contribution in [2.45, 2.75) is 45.3 Å². The number of benzene rings is 2. The number of aliphatic imine (C=N–C) groups is 1. The van der Waals surface area contributed by atoms with Gasteiger partial charge in [0.15, 0.2) is 5.96 Å². The van der Waals surface area contributed by atoms with Crippen LogP contribution in [0.1, 0.15) is 43.9 Å². The zero-order valence-corrected chi connectivity index (χ0v) is 17.2. The van der Waals surface area contributed by atoms with Crippen LogP contribution in [-0.4, -0.2) is 36.5 Å². The van der Waals surface area contributed by atoms with Crippen molar-refractivity contribution >= 4 is 5.96 Å². The Balaban J connectivity index is 1.55. The summed E-state index contributed by atoms with van der Waals surface area (Å²) in [4.78, 5) is 6.96. The summed E-state index contributed by atoms with van der Waals surface area (Å²) in [5, 5.41) is 6.66. The van der Waals surface area contributed by atoms with E-state index in [1.165, 1.54) is 11.6 Å². The fraction of sp³-hybridized carbons (Fsp3) is 0.435. The Bertz CT molecular complexity index is 802. The molecule has 2 aromatic carbocycles. The van der Waals surface area contributed by atoms with Crippen LogP contribution >= 0.6 is 0 Å². The van der Waals surface area contributed by atoms with Gasteiger partial charge >= 0.3 is 0 Å². The summed E-state index contributed by atoms with van der Waals surface area (Å²) in [7, 11) is 0. The van der Waals surface area contributed by atoms with E-state index in [4.69, 9.17) is 0 Å². The lowest BCUT2D eigenvalue weighted by Gasteiger charge is -2.37. The van der Waals surface area contributed by atoms with Gasteiger partial charge in [0.05, 0.1) is 6.54 Å². The lowest BCUT2D eigenvalue weighted by Crippen LogP contribution is -2.49. The maximum Gasteiger partial charge on any atom is 0.191 e. The summed E-state index contributed by atoms with van der Waals surface area (Å²) in [5.74, 6) is -0.241. The number of nitrogens with zero attached hydrogens (tertiary/aromatic N) is 2. The van der Waals surface area contributed by atoms with Gasteiger partial charge in [0.2, 0.25) is 0 Å². The van der Waals surface area contributed by atoms with Gasteiger partial charge in [-0.1, -0.05) is 30.3 Å². The standard InChI is InChI=1S/C23H30F2N4/c1-3-26-23(27-16-19-15-20(24)9-10-22(19)25)28-21-11-13-29(14-12-21)17(2)18-7-5-4-6-8-18/h4-10,15,17,21H,3,11-14,16H2,1-2H3,(H2,26,27,28). The van der Waals surface area contributed by atoms with Crippen molar-refractivity contribution in [3.63, 3.8) is 0 Å². The number of rotatable bonds is 6. The smallest absolute Gasteiger partial charge is 0.191 e. The number of nitrogens with one attached hydrogen (secondary N) is 2. The average Bonchev–Trinajstić information content (AvgIpc) is 2.75. The minimum Gasteiger partial charge on any atom is -0.357 e. The lowest BCUT2D eigenvalue weighted by molar-refractivity contribution is 0.158. The van der Waals surface area contributed by atoms with Gasteiger partial charge in [-0.25, -0.2) is 13.8 Å². The first-order chi connectivity index (χ1) is 14.1. The van der Waals surface area contributed by atoms with Crippen molar-refractivity contribution in [2.75, 3.05) is 19.6 Å². The minimum atomic E-state index is -0.450. The van der Waals surface area contributed by atoms with Crippen LogP contribution in [-0.2, 0) is 6.54 Å². The third kappa shape index (κ3) is 6.00. The highest BCUT2D eigenvalue weighted by molar-refractivity contribution is 5.80. The lowest BCUT2D eigenvalue weighted by atomic mass is 10.0. The molecule has 1 unspecified atom stereocenters. The van der Waals surface area contributed by atoms with Crippen molar-refractivity contribution in [3.05, 3.63) is 71.3 Å². The third-order valence-electron chi connectivity index (χ3n) is 5.46. The molecule has 6 heteroatoms. The van der Waals surface area contributed by atoms with Crippen molar-refractivity contribution < 1.29 is 8.78 Å². The maximum absolute atomic E-state index is 13.8. The molecular formula is C23H30F2N4. The van der Waals surface area contributed by atoms with E-state index in [0.717, 1.165) is 38.1 Å². The van der Waals surface area contributed by atoms with Crippen LogP contribution in [0.25, 0.3) is 0 Å². The molecule has 4 nitrogen and oxygen atoms in total. The molecule has 0 bridgehead atoms. The van der Waals surface area contributed by atoms with Crippen molar-refractivity contribution in [1.29, 1.82) is 0 Å². The Morgan fingerprint density at radius 1 is 1.14 bits per heavy atom. The summed E-state index contributed by atoms with van der Waals surface area (Å²) < 4.78 is 27.2. The van der Waals surface area contributed by atoms with Gasteiger partial charge in [0.25, 0.3) is 0 Å². The average molecular weight is 401 g/mol. The maximum atomic E-state index is 13.8. The number of guanidine groups is 1. The number of piperidine rings is 1. The molecule has 0 aromatic heterocycles. The second-order valence-corrected chi connectivity index (χ2v) is 7.47. The first-order valence-electron chi connectivity index (χ1n) is 10.3. The Morgan fingerprint density at radius 2 is 1.86 bits per heavy atom. The summed E-state index contributed by atoms with van der Waals surface area (Å²) in [5.41, 5.74) is 1.60. The number of halogens is 2. The molecular weight excluding hydrogens is 370 g/mol. The molecule has 0 saturated carbocycles. The van der Waals surface area contributed by atoms with Crippen molar-refractivity contribution in [2.24, 2.45) is 4.99 Å². The molecule has 2 N–H and O–H groups in total. The highest BCUT2D eigenvalue weighted by Gasteiger charge is 2.24. The van der Waals surface area contributed by atoms with E-state index in [2.05, 4.69) is 51.7 Å². The summed E-state index contributed by atoms with van der Waals surface area (Å²) in [6.07, 6.45) is 2.02. The number of likely N-dealkylation sites (tertiary alicyclic amines) is 1. The Labute approximate surface area is 172 Å². The largest absolute Gasteiger partial charge is 0.357 e. The molecule has 1 atom stereocenters. The highest BCUT2D eigenvalue weighted by Crippen LogP contribution is 2.24. The molecule has 29 heavy (non-hydrogen) atoms.